The van der Waals surface area contributed by atoms with Crippen LogP contribution in [0.3, 0.4) is 0 Å². The van der Waals surface area contributed by atoms with Gasteiger partial charge >= 0.3 is 6.18 Å². The summed E-state index contributed by atoms with van der Waals surface area (Å²) in [6, 6.07) is -0.396. The number of aromatic nitrogens is 3. The molecule has 0 aliphatic heterocycles. The number of nitrogens with zero attached hydrogens (tertiary/aromatic N) is 4. The first-order valence-corrected chi connectivity index (χ1v) is 7.36. The van der Waals surface area contributed by atoms with Crippen molar-refractivity contribution in [3.05, 3.63) is 33.0 Å². The van der Waals surface area contributed by atoms with E-state index in [1.54, 1.807) is 18.5 Å². The van der Waals surface area contributed by atoms with Gasteiger partial charge in [0, 0.05) is 25.7 Å². The number of hydrogen-bond acceptors (Lipinski definition) is 4. The van der Waals surface area contributed by atoms with E-state index in [4.69, 9.17) is 11.6 Å². The molecule has 2 rings (SSSR count). The van der Waals surface area contributed by atoms with Crippen molar-refractivity contribution in [2.24, 2.45) is 7.05 Å². The number of amides is 1. The fraction of sp³-hybridized carbons (Fsp3) is 0.417. The largest absolute Gasteiger partial charge is 0.436 e. The van der Waals surface area contributed by atoms with Crippen molar-refractivity contribution in [2.75, 3.05) is 7.05 Å². The first-order valence-electron chi connectivity index (χ1n) is 6.10. The summed E-state index contributed by atoms with van der Waals surface area (Å²) in [4.78, 5) is 17.8. The van der Waals surface area contributed by atoms with Crippen molar-refractivity contribution in [2.45, 2.75) is 19.1 Å². The number of aryl methyl sites for hydroxylation is 1. The van der Waals surface area contributed by atoms with Crippen LogP contribution in [0.1, 0.15) is 34.2 Å². The third-order valence-electron chi connectivity index (χ3n) is 3.17. The highest BCUT2D eigenvalue weighted by atomic mass is 35.5. The molecule has 0 N–H and O–H groups in total. The number of carbonyl (C=O) groups is 1. The second-order valence-electron chi connectivity index (χ2n) is 4.59. The van der Waals surface area contributed by atoms with Crippen LogP contribution in [0.15, 0.2) is 11.6 Å². The molecule has 0 aliphatic carbocycles. The van der Waals surface area contributed by atoms with Crippen molar-refractivity contribution >= 4 is 28.8 Å². The zero-order chi connectivity index (χ0) is 16.7. The van der Waals surface area contributed by atoms with E-state index in [0.717, 1.165) is 4.68 Å². The van der Waals surface area contributed by atoms with Gasteiger partial charge in [0.15, 0.2) is 5.69 Å². The molecule has 0 radical (unpaired) electrons. The summed E-state index contributed by atoms with van der Waals surface area (Å²) in [6.45, 7) is 1.73. The lowest BCUT2D eigenvalue weighted by Gasteiger charge is -2.23. The summed E-state index contributed by atoms with van der Waals surface area (Å²) in [5.74, 6) is -0.654. The number of hydrogen-bond donors (Lipinski definition) is 0. The maximum Gasteiger partial charge on any atom is 0.436 e. The average Bonchev–Trinajstić information content (AvgIpc) is 3.04. The van der Waals surface area contributed by atoms with E-state index in [2.05, 4.69) is 10.1 Å². The molecule has 0 saturated heterocycles. The van der Waals surface area contributed by atoms with E-state index >= 15 is 0 Å². The first kappa shape index (κ1) is 16.8. The molecule has 0 saturated carbocycles. The average molecular weight is 353 g/mol. The zero-order valence-electron chi connectivity index (χ0n) is 11.8. The quantitative estimate of drug-likeness (QED) is 0.851. The van der Waals surface area contributed by atoms with Gasteiger partial charge in [-0.2, -0.15) is 18.3 Å². The maximum absolute atomic E-state index is 12.8. The van der Waals surface area contributed by atoms with E-state index in [1.165, 1.54) is 30.3 Å². The molecular weight excluding hydrogens is 341 g/mol. The van der Waals surface area contributed by atoms with Crippen molar-refractivity contribution in [1.82, 2.24) is 19.7 Å². The van der Waals surface area contributed by atoms with Gasteiger partial charge in [-0.1, -0.05) is 11.6 Å². The highest BCUT2D eigenvalue weighted by Crippen LogP contribution is 2.36. The predicted molar refractivity (Wildman–Crippen MR) is 75.8 cm³/mol. The summed E-state index contributed by atoms with van der Waals surface area (Å²) in [7, 11) is 2.72. The molecule has 0 spiro atoms. The molecule has 22 heavy (non-hydrogen) atoms. The Hall–Kier alpha value is -1.61. The molecule has 2 aromatic heterocycles. The van der Waals surface area contributed by atoms with Crippen molar-refractivity contribution < 1.29 is 18.0 Å². The van der Waals surface area contributed by atoms with E-state index in [1.807, 2.05) is 0 Å². The van der Waals surface area contributed by atoms with Crippen LogP contribution >= 0.6 is 22.9 Å². The van der Waals surface area contributed by atoms with Crippen LogP contribution < -0.4 is 0 Å². The van der Waals surface area contributed by atoms with E-state index in [0.29, 0.717) is 5.01 Å². The molecule has 5 nitrogen and oxygen atoms in total. The minimum absolute atomic E-state index is 0.306. The van der Waals surface area contributed by atoms with Crippen LogP contribution in [0.2, 0.25) is 5.02 Å². The molecule has 0 bridgehead atoms. The van der Waals surface area contributed by atoms with Crippen LogP contribution in [0, 0.1) is 0 Å². The number of carbonyl (C=O) groups excluding carboxylic acids is 1. The Kier molecular flexibility index (Phi) is 4.48. The molecule has 1 unspecified atom stereocenters. The molecular formula is C12H12ClF3N4OS. The standard InChI is InChI=1S/C12H12ClF3N4OS/c1-6(10-17-4-5-22-10)19(2)11(21)8-7(13)9(12(14,15)16)18-20(8)3/h4-6H,1-3H3. The molecule has 120 valence electrons. The lowest BCUT2D eigenvalue weighted by Crippen LogP contribution is -2.31. The van der Waals surface area contributed by atoms with Gasteiger partial charge in [-0.25, -0.2) is 4.98 Å². The summed E-state index contributed by atoms with van der Waals surface area (Å²) >= 11 is 7.07. The highest BCUT2D eigenvalue weighted by Gasteiger charge is 2.40. The number of halogens is 4. The molecule has 10 heteroatoms. The fourth-order valence-corrected chi connectivity index (χ4v) is 2.95. The molecule has 2 aromatic rings. The predicted octanol–water partition coefficient (Wildman–Crippen LogP) is 3.38. The van der Waals surface area contributed by atoms with E-state index < -0.39 is 28.8 Å². The van der Waals surface area contributed by atoms with Gasteiger partial charge in [0.1, 0.15) is 15.7 Å². The maximum atomic E-state index is 12.8. The smallest absolute Gasteiger partial charge is 0.331 e. The minimum Gasteiger partial charge on any atom is -0.331 e. The number of rotatable bonds is 3. The molecule has 0 fully saturated rings. The van der Waals surface area contributed by atoms with Gasteiger partial charge in [-0.3, -0.25) is 9.48 Å². The van der Waals surface area contributed by atoms with Crippen LogP contribution in [0.4, 0.5) is 13.2 Å². The van der Waals surface area contributed by atoms with Crippen LogP contribution in [0.5, 0.6) is 0 Å². The van der Waals surface area contributed by atoms with Crippen LogP contribution in [-0.4, -0.2) is 32.6 Å². The first-order chi connectivity index (χ1) is 10.1. The Bertz CT molecular complexity index is 683. The molecule has 1 amide bonds. The van der Waals surface area contributed by atoms with Crippen molar-refractivity contribution in [3.63, 3.8) is 0 Å². The Labute approximate surface area is 133 Å². The third kappa shape index (κ3) is 2.95. The topological polar surface area (TPSA) is 51.0 Å². The van der Waals surface area contributed by atoms with Gasteiger partial charge in [-0.15, -0.1) is 11.3 Å². The van der Waals surface area contributed by atoms with Gasteiger partial charge in [0.05, 0.1) is 6.04 Å². The Morgan fingerprint density at radius 3 is 2.59 bits per heavy atom. The third-order valence-corrected chi connectivity index (χ3v) is 4.47. The molecule has 1 atom stereocenters. The lowest BCUT2D eigenvalue weighted by atomic mass is 10.2. The van der Waals surface area contributed by atoms with Crippen molar-refractivity contribution in [3.8, 4) is 0 Å². The number of alkyl halides is 3. The number of thiazole rings is 1. The van der Waals surface area contributed by atoms with Gasteiger partial charge < -0.3 is 4.90 Å². The highest BCUT2D eigenvalue weighted by molar-refractivity contribution is 7.09. The summed E-state index contributed by atoms with van der Waals surface area (Å²) in [5.41, 5.74) is -1.57. The van der Waals surface area contributed by atoms with E-state index in [9.17, 15) is 18.0 Å². The van der Waals surface area contributed by atoms with Gasteiger partial charge in [0.2, 0.25) is 0 Å². The molecule has 0 aliphatic rings. The zero-order valence-corrected chi connectivity index (χ0v) is 13.4. The monoisotopic (exact) mass is 352 g/mol. The fourth-order valence-electron chi connectivity index (χ4n) is 1.86. The molecule has 2 heterocycles. The van der Waals surface area contributed by atoms with Crippen LogP contribution in [-0.2, 0) is 13.2 Å². The van der Waals surface area contributed by atoms with E-state index in [-0.39, 0.29) is 5.69 Å². The van der Waals surface area contributed by atoms with Gasteiger partial charge in [-0.05, 0) is 6.92 Å². The lowest BCUT2D eigenvalue weighted by molar-refractivity contribution is -0.141. The molecule has 0 aromatic carbocycles. The second-order valence-corrected chi connectivity index (χ2v) is 5.90. The Morgan fingerprint density at radius 2 is 2.14 bits per heavy atom. The summed E-state index contributed by atoms with van der Waals surface area (Å²) in [6.07, 6.45) is -3.12. The Morgan fingerprint density at radius 1 is 1.50 bits per heavy atom. The Balaban J connectivity index is 2.36. The second kappa shape index (κ2) is 5.88. The minimum atomic E-state index is -4.72. The summed E-state index contributed by atoms with van der Waals surface area (Å²) in [5, 5.41) is 5.03. The van der Waals surface area contributed by atoms with Crippen LogP contribution in [0.25, 0.3) is 0 Å². The summed E-state index contributed by atoms with van der Waals surface area (Å²) < 4.78 is 39.2. The van der Waals surface area contributed by atoms with Crippen molar-refractivity contribution in [1.29, 1.82) is 0 Å². The van der Waals surface area contributed by atoms with Gasteiger partial charge in [0.25, 0.3) is 5.91 Å². The SMILES string of the molecule is CC(c1nccs1)N(C)C(=O)c1c(Cl)c(C(F)(F)F)nn1C. The normalized spacial score (nSPS) is 13.2.